The smallest absolute Gasteiger partial charge is 0.0205 e. The van der Waals surface area contributed by atoms with Crippen molar-refractivity contribution in [3.8, 4) is 11.8 Å². The van der Waals surface area contributed by atoms with E-state index in [1.807, 2.05) is 0 Å². The Balaban J connectivity index is 1.70. The van der Waals surface area contributed by atoms with E-state index in [0.717, 1.165) is 17.8 Å². The van der Waals surface area contributed by atoms with Gasteiger partial charge in [-0.1, -0.05) is 32.1 Å². The van der Waals surface area contributed by atoms with Crippen LogP contribution in [0.5, 0.6) is 0 Å². The van der Waals surface area contributed by atoms with Crippen molar-refractivity contribution in [2.24, 2.45) is 17.8 Å². The molecule has 0 aromatic rings. The highest BCUT2D eigenvalue weighted by Crippen LogP contribution is 2.30. The zero-order valence-corrected chi connectivity index (χ0v) is 10.1. The zero-order chi connectivity index (χ0) is 10.5. The first kappa shape index (κ1) is 11.1. The van der Waals surface area contributed by atoms with Gasteiger partial charge in [-0.25, -0.2) is 0 Å². The maximum absolute atomic E-state index is 3.51. The second kappa shape index (κ2) is 5.59. The lowest BCUT2D eigenvalue weighted by Crippen LogP contribution is -2.04. The van der Waals surface area contributed by atoms with Gasteiger partial charge in [-0.2, -0.15) is 0 Å². The predicted molar refractivity (Wildman–Crippen MR) is 65.5 cm³/mol. The minimum absolute atomic E-state index is 0.739. The summed E-state index contributed by atoms with van der Waals surface area (Å²) in [6.45, 7) is 2.36. The zero-order valence-electron chi connectivity index (χ0n) is 10.1. The summed E-state index contributed by atoms with van der Waals surface area (Å²) in [5.74, 6) is 9.58. The molecule has 0 N–H and O–H groups in total. The van der Waals surface area contributed by atoms with Crippen molar-refractivity contribution in [2.45, 2.75) is 64.7 Å². The molecule has 84 valence electrons. The van der Waals surface area contributed by atoms with Crippen LogP contribution in [0.15, 0.2) is 0 Å². The van der Waals surface area contributed by atoms with E-state index in [1.54, 1.807) is 0 Å². The Bertz CT molecular complexity index is 236. The molecule has 2 aliphatic carbocycles. The van der Waals surface area contributed by atoms with E-state index in [1.165, 1.54) is 57.8 Å². The molecule has 15 heavy (non-hydrogen) atoms. The summed E-state index contributed by atoms with van der Waals surface area (Å²) in [6.07, 6.45) is 12.6. The van der Waals surface area contributed by atoms with Gasteiger partial charge in [0.2, 0.25) is 0 Å². The van der Waals surface area contributed by atoms with Gasteiger partial charge in [-0.05, 0) is 43.9 Å². The highest BCUT2D eigenvalue weighted by molar-refractivity contribution is 5.06. The fourth-order valence-electron chi connectivity index (χ4n) is 3.08. The Morgan fingerprint density at radius 2 is 1.80 bits per heavy atom. The molecule has 0 aromatic heterocycles. The largest absolute Gasteiger partial charge is 0.103 e. The predicted octanol–water partition coefficient (Wildman–Crippen LogP) is 4.40. The van der Waals surface area contributed by atoms with E-state index >= 15 is 0 Å². The summed E-state index contributed by atoms with van der Waals surface area (Å²) >= 11 is 0. The van der Waals surface area contributed by atoms with Gasteiger partial charge in [0.15, 0.2) is 0 Å². The van der Waals surface area contributed by atoms with Gasteiger partial charge in [0.1, 0.15) is 0 Å². The molecule has 0 aliphatic heterocycles. The van der Waals surface area contributed by atoms with Gasteiger partial charge < -0.3 is 0 Å². The molecule has 2 atom stereocenters. The normalized spacial score (nSPS) is 32.3. The van der Waals surface area contributed by atoms with Gasteiger partial charge in [-0.3, -0.25) is 0 Å². The lowest BCUT2D eigenvalue weighted by Gasteiger charge is -2.18. The van der Waals surface area contributed by atoms with Gasteiger partial charge in [0.05, 0.1) is 0 Å². The van der Waals surface area contributed by atoms with Crippen LogP contribution in [-0.2, 0) is 0 Å². The first-order valence-electron chi connectivity index (χ1n) is 6.83. The Hall–Kier alpha value is -0.440. The molecule has 0 spiro atoms. The molecule has 0 aromatic carbocycles. The van der Waals surface area contributed by atoms with Crippen molar-refractivity contribution in [2.75, 3.05) is 0 Å². The maximum atomic E-state index is 3.51. The molecule has 2 rings (SSSR count). The van der Waals surface area contributed by atoms with E-state index in [0.29, 0.717) is 0 Å². The molecule has 0 amide bonds. The van der Waals surface area contributed by atoms with Crippen LogP contribution in [0.3, 0.4) is 0 Å². The number of hydrogen-bond donors (Lipinski definition) is 0. The van der Waals surface area contributed by atoms with Crippen LogP contribution < -0.4 is 0 Å². The van der Waals surface area contributed by atoms with E-state index in [-0.39, 0.29) is 0 Å². The summed E-state index contributed by atoms with van der Waals surface area (Å²) < 4.78 is 0. The summed E-state index contributed by atoms with van der Waals surface area (Å²) in [7, 11) is 0. The van der Waals surface area contributed by atoms with E-state index < -0.39 is 0 Å². The van der Waals surface area contributed by atoms with Crippen molar-refractivity contribution in [3.63, 3.8) is 0 Å². The van der Waals surface area contributed by atoms with E-state index in [4.69, 9.17) is 0 Å². The first-order chi connectivity index (χ1) is 7.34. The topological polar surface area (TPSA) is 0 Å². The maximum Gasteiger partial charge on any atom is 0.0205 e. The minimum Gasteiger partial charge on any atom is -0.103 e. The average Bonchev–Trinajstić information content (AvgIpc) is 2.66. The molecule has 0 heterocycles. The van der Waals surface area contributed by atoms with Gasteiger partial charge in [0.25, 0.3) is 0 Å². The third-order valence-electron chi connectivity index (χ3n) is 4.12. The Morgan fingerprint density at radius 3 is 2.47 bits per heavy atom. The fourth-order valence-corrected chi connectivity index (χ4v) is 3.08. The molecule has 0 radical (unpaired) electrons. The highest BCUT2D eigenvalue weighted by atomic mass is 14.2. The molecule has 0 heteroatoms. The summed E-state index contributed by atoms with van der Waals surface area (Å²) in [4.78, 5) is 0. The van der Waals surface area contributed by atoms with E-state index in [9.17, 15) is 0 Å². The van der Waals surface area contributed by atoms with Crippen molar-refractivity contribution in [1.29, 1.82) is 0 Å². The average molecular weight is 204 g/mol. The highest BCUT2D eigenvalue weighted by Gasteiger charge is 2.19. The number of rotatable bonds is 1. The van der Waals surface area contributed by atoms with E-state index in [2.05, 4.69) is 18.8 Å². The number of hydrogen-bond acceptors (Lipinski definition) is 0. The lowest BCUT2D eigenvalue weighted by molar-refractivity contribution is 0.365. The quantitative estimate of drug-likeness (QED) is 0.555. The molecule has 2 fully saturated rings. The summed E-state index contributed by atoms with van der Waals surface area (Å²) in [6, 6.07) is 0. The molecular formula is C15H24. The molecule has 0 nitrogen and oxygen atoms in total. The summed E-state index contributed by atoms with van der Waals surface area (Å²) in [5.41, 5.74) is 0. The molecule has 0 saturated heterocycles. The van der Waals surface area contributed by atoms with Crippen LogP contribution in [0.25, 0.3) is 0 Å². The van der Waals surface area contributed by atoms with Crippen molar-refractivity contribution in [3.05, 3.63) is 0 Å². The second-order valence-corrected chi connectivity index (χ2v) is 5.64. The van der Waals surface area contributed by atoms with Crippen LogP contribution >= 0.6 is 0 Å². The van der Waals surface area contributed by atoms with Crippen LogP contribution in [-0.4, -0.2) is 0 Å². The van der Waals surface area contributed by atoms with Crippen LogP contribution in [0.1, 0.15) is 64.7 Å². The molecule has 2 unspecified atom stereocenters. The third kappa shape index (κ3) is 3.56. The Morgan fingerprint density at radius 1 is 1.00 bits per heavy atom. The van der Waals surface area contributed by atoms with Gasteiger partial charge >= 0.3 is 0 Å². The molecule has 2 saturated carbocycles. The molecule has 2 aliphatic rings. The van der Waals surface area contributed by atoms with Crippen LogP contribution in [0.2, 0.25) is 0 Å². The monoisotopic (exact) mass is 204 g/mol. The van der Waals surface area contributed by atoms with Gasteiger partial charge in [0, 0.05) is 12.3 Å². The second-order valence-electron chi connectivity index (χ2n) is 5.64. The minimum atomic E-state index is 0.739. The fraction of sp³-hybridized carbons (Fsp3) is 0.867. The third-order valence-corrected chi connectivity index (χ3v) is 4.12. The molecular weight excluding hydrogens is 180 g/mol. The van der Waals surface area contributed by atoms with Gasteiger partial charge in [-0.15, -0.1) is 5.92 Å². The van der Waals surface area contributed by atoms with Crippen molar-refractivity contribution >= 4 is 0 Å². The standard InChI is InChI=1S/C15H24/c1-13-10-11-15(12-13)9-5-8-14-6-3-2-4-7-14/h13-15H,2-4,6-8,10-12H2,1H3. The van der Waals surface area contributed by atoms with Crippen LogP contribution in [0.4, 0.5) is 0 Å². The summed E-state index contributed by atoms with van der Waals surface area (Å²) in [5, 5.41) is 0. The first-order valence-corrected chi connectivity index (χ1v) is 6.83. The van der Waals surface area contributed by atoms with Crippen molar-refractivity contribution < 1.29 is 0 Å². The molecule has 0 bridgehead atoms. The van der Waals surface area contributed by atoms with Crippen molar-refractivity contribution in [1.82, 2.24) is 0 Å². The SMILES string of the molecule is CC1CCC(C#CCC2CCCCC2)C1. The Labute approximate surface area is 94.8 Å². The lowest BCUT2D eigenvalue weighted by atomic mass is 9.87. The Kier molecular flexibility index (Phi) is 4.12. The van der Waals surface area contributed by atoms with Crippen LogP contribution in [0, 0.1) is 29.6 Å².